The van der Waals surface area contributed by atoms with E-state index < -0.39 is 11.0 Å². The number of esters is 1. The lowest BCUT2D eigenvalue weighted by Gasteiger charge is -2.27. The zero-order valence-corrected chi connectivity index (χ0v) is 12.2. The summed E-state index contributed by atoms with van der Waals surface area (Å²) in [6, 6.07) is 0. The molecule has 5 nitrogen and oxygen atoms in total. The molecule has 0 aromatic rings. The zero-order chi connectivity index (χ0) is 14.3. The van der Waals surface area contributed by atoms with Crippen LogP contribution in [-0.2, 0) is 14.3 Å². The molecule has 2 aliphatic rings. The van der Waals surface area contributed by atoms with E-state index in [1.54, 1.807) is 4.90 Å². The SMILES string of the molecule is COC(=O)[C@@]12CCC[C@@H]1CN(C(=O)OC(C)(C)C)C2. The number of carbonyl (C=O) groups excluding carboxylic acids is 2. The van der Waals surface area contributed by atoms with Crippen LogP contribution in [0.15, 0.2) is 0 Å². The molecule has 1 saturated carbocycles. The Labute approximate surface area is 114 Å². The van der Waals surface area contributed by atoms with Gasteiger partial charge >= 0.3 is 12.1 Å². The van der Waals surface area contributed by atoms with Gasteiger partial charge in [0.25, 0.3) is 0 Å². The molecule has 1 aliphatic heterocycles. The molecular weight excluding hydrogens is 246 g/mol. The first-order valence-corrected chi connectivity index (χ1v) is 6.85. The van der Waals surface area contributed by atoms with Crippen molar-refractivity contribution in [1.82, 2.24) is 4.90 Å². The normalized spacial score (nSPS) is 30.1. The van der Waals surface area contributed by atoms with Crippen molar-refractivity contribution in [3.63, 3.8) is 0 Å². The fourth-order valence-corrected chi connectivity index (χ4v) is 3.29. The van der Waals surface area contributed by atoms with E-state index in [4.69, 9.17) is 9.47 Å². The van der Waals surface area contributed by atoms with Crippen molar-refractivity contribution < 1.29 is 19.1 Å². The minimum Gasteiger partial charge on any atom is -0.469 e. The van der Waals surface area contributed by atoms with Crippen LogP contribution in [0.3, 0.4) is 0 Å². The van der Waals surface area contributed by atoms with E-state index in [0.29, 0.717) is 13.1 Å². The number of hydrogen-bond donors (Lipinski definition) is 0. The number of hydrogen-bond acceptors (Lipinski definition) is 4. The molecule has 1 aliphatic carbocycles. The van der Waals surface area contributed by atoms with Crippen molar-refractivity contribution >= 4 is 12.1 Å². The van der Waals surface area contributed by atoms with Gasteiger partial charge in [-0.2, -0.15) is 0 Å². The summed E-state index contributed by atoms with van der Waals surface area (Å²) < 4.78 is 10.3. The number of amides is 1. The van der Waals surface area contributed by atoms with Crippen molar-refractivity contribution in [3.8, 4) is 0 Å². The fraction of sp³-hybridized carbons (Fsp3) is 0.857. The van der Waals surface area contributed by atoms with E-state index in [0.717, 1.165) is 19.3 Å². The number of rotatable bonds is 1. The van der Waals surface area contributed by atoms with E-state index in [-0.39, 0.29) is 18.0 Å². The van der Waals surface area contributed by atoms with Crippen LogP contribution >= 0.6 is 0 Å². The van der Waals surface area contributed by atoms with Gasteiger partial charge in [0.2, 0.25) is 0 Å². The zero-order valence-electron chi connectivity index (χ0n) is 12.2. The second-order valence-electron chi connectivity index (χ2n) is 6.60. The predicted molar refractivity (Wildman–Crippen MR) is 69.6 cm³/mol. The summed E-state index contributed by atoms with van der Waals surface area (Å²) >= 11 is 0. The highest BCUT2D eigenvalue weighted by Crippen LogP contribution is 2.49. The van der Waals surface area contributed by atoms with Crippen molar-refractivity contribution in [2.45, 2.75) is 45.6 Å². The second kappa shape index (κ2) is 4.69. The maximum atomic E-state index is 12.1. The Bertz CT molecular complexity index is 387. The Balaban J connectivity index is 2.09. The summed E-state index contributed by atoms with van der Waals surface area (Å²) in [6.45, 7) is 6.57. The van der Waals surface area contributed by atoms with Crippen LogP contribution in [0.4, 0.5) is 4.79 Å². The number of fused-ring (bicyclic) bond motifs is 1. The number of ether oxygens (including phenoxy) is 2. The molecule has 2 atom stereocenters. The van der Waals surface area contributed by atoms with Crippen LogP contribution in [0, 0.1) is 11.3 Å². The highest BCUT2D eigenvalue weighted by molar-refractivity contribution is 5.80. The summed E-state index contributed by atoms with van der Waals surface area (Å²) in [7, 11) is 1.42. The van der Waals surface area contributed by atoms with Gasteiger partial charge < -0.3 is 14.4 Å². The Kier molecular flexibility index (Phi) is 3.49. The molecule has 0 bridgehead atoms. The predicted octanol–water partition coefficient (Wildman–Crippen LogP) is 2.20. The topological polar surface area (TPSA) is 55.8 Å². The fourth-order valence-electron chi connectivity index (χ4n) is 3.29. The maximum Gasteiger partial charge on any atom is 0.410 e. The van der Waals surface area contributed by atoms with Crippen LogP contribution in [-0.4, -0.2) is 42.8 Å². The summed E-state index contributed by atoms with van der Waals surface area (Å²) in [4.78, 5) is 25.8. The van der Waals surface area contributed by atoms with Crippen molar-refractivity contribution in [1.29, 1.82) is 0 Å². The molecule has 0 spiro atoms. The summed E-state index contributed by atoms with van der Waals surface area (Å²) in [5.74, 6) is 0.0357. The smallest absolute Gasteiger partial charge is 0.410 e. The molecule has 5 heteroatoms. The van der Waals surface area contributed by atoms with Gasteiger partial charge in [-0.25, -0.2) is 4.79 Å². The van der Waals surface area contributed by atoms with E-state index in [1.807, 2.05) is 20.8 Å². The average Bonchev–Trinajstić information content (AvgIpc) is 2.82. The molecule has 1 heterocycles. The van der Waals surface area contributed by atoms with Crippen molar-refractivity contribution in [2.75, 3.05) is 20.2 Å². The Morgan fingerprint density at radius 1 is 1.32 bits per heavy atom. The largest absolute Gasteiger partial charge is 0.469 e. The molecule has 1 amide bonds. The minimum absolute atomic E-state index is 0.180. The number of carbonyl (C=O) groups is 2. The highest BCUT2D eigenvalue weighted by Gasteiger charge is 2.56. The summed E-state index contributed by atoms with van der Waals surface area (Å²) in [5.41, 5.74) is -1.00. The molecule has 0 N–H and O–H groups in total. The van der Waals surface area contributed by atoms with Gasteiger partial charge in [0.05, 0.1) is 12.5 Å². The highest BCUT2D eigenvalue weighted by atomic mass is 16.6. The van der Waals surface area contributed by atoms with Crippen LogP contribution in [0.2, 0.25) is 0 Å². The third kappa shape index (κ3) is 2.55. The number of nitrogens with zero attached hydrogens (tertiary/aromatic N) is 1. The van der Waals surface area contributed by atoms with Gasteiger partial charge in [0.1, 0.15) is 5.60 Å². The first-order valence-electron chi connectivity index (χ1n) is 6.85. The van der Waals surface area contributed by atoms with Gasteiger partial charge in [-0.1, -0.05) is 6.42 Å². The van der Waals surface area contributed by atoms with E-state index >= 15 is 0 Å². The minimum atomic E-state index is -0.507. The second-order valence-corrected chi connectivity index (χ2v) is 6.60. The summed E-state index contributed by atoms with van der Waals surface area (Å²) in [6.07, 6.45) is 2.49. The Morgan fingerprint density at radius 2 is 2.00 bits per heavy atom. The van der Waals surface area contributed by atoms with Crippen LogP contribution in [0.5, 0.6) is 0 Å². The first kappa shape index (κ1) is 14.2. The van der Waals surface area contributed by atoms with Gasteiger partial charge in [-0.3, -0.25) is 4.79 Å². The Hall–Kier alpha value is -1.26. The molecular formula is C14H23NO4. The average molecular weight is 269 g/mol. The molecule has 0 unspecified atom stereocenters. The van der Waals surface area contributed by atoms with E-state index in [1.165, 1.54) is 7.11 Å². The molecule has 0 aromatic heterocycles. The standard InChI is InChI=1S/C14H23NO4/c1-13(2,3)19-12(17)15-8-10-6-5-7-14(10,9-15)11(16)18-4/h10H,5-9H2,1-4H3/t10-,14-/m1/s1. The van der Waals surface area contributed by atoms with Gasteiger partial charge in [-0.15, -0.1) is 0 Å². The molecule has 0 radical (unpaired) electrons. The van der Waals surface area contributed by atoms with Crippen LogP contribution < -0.4 is 0 Å². The lowest BCUT2D eigenvalue weighted by Crippen LogP contribution is -2.40. The molecule has 1 saturated heterocycles. The van der Waals surface area contributed by atoms with Gasteiger partial charge in [-0.05, 0) is 39.5 Å². The summed E-state index contributed by atoms with van der Waals surface area (Å²) in [5, 5.41) is 0. The van der Waals surface area contributed by atoms with Gasteiger partial charge in [0.15, 0.2) is 0 Å². The molecule has 2 rings (SSSR count). The molecule has 2 fully saturated rings. The Morgan fingerprint density at radius 3 is 2.58 bits per heavy atom. The van der Waals surface area contributed by atoms with Crippen LogP contribution in [0.25, 0.3) is 0 Å². The lowest BCUT2D eigenvalue weighted by atomic mass is 9.81. The maximum absolute atomic E-state index is 12.1. The lowest BCUT2D eigenvalue weighted by molar-refractivity contribution is -0.153. The quantitative estimate of drug-likeness (QED) is 0.685. The van der Waals surface area contributed by atoms with Crippen molar-refractivity contribution in [3.05, 3.63) is 0 Å². The number of likely N-dealkylation sites (tertiary alicyclic amines) is 1. The molecule has 108 valence electrons. The van der Waals surface area contributed by atoms with E-state index in [2.05, 4.69) is 0 Å². The van der Waals surface area contributed by atoms with Crippen LogP contribution in [0.1, 0.15) is 40.0 Å². The van der Waals surface area contributed by atoms with Gasteiger partial charge in [0, 0.05) is 13.1 Å². The third-order valence-electron chi connectivity index (χ3n) is 4.11. The number of methoxy groups -OCH3 is 1. The molecule has 0 aromatic carbocycles. The third-order valence-corrected chi connectivity index (χ3v) is 4.11. The monoisotopic (exact) mass is 269 g/mol. The molecule has 19 heavy (non-hydrogen) atoms. The first-order chi connectivity index (χ1) is 8.78. The van der Waals surface area contributed by atoms with E-state index in [9.17, 15) is 9.59 Å². The van der Waals surface area contributed by atoms with Crippen molar-refractivity contribution in [2.24, 2.45) is 11.3 Å².